The summed E-state index contributed by atoms with van der Waals surface area (Å²) in [6, 6.07) is 2.79. The standard InChI is InChI=1S/C16H23F2NO5/c1-6-21-12-8-11(19(5)16(20)23-10(3)4)9-13(24-15(17)18)14(12)22-7-2/h8-10,15H,6-7H2,1-5H3. The summed E-state index contributed by atoms with van der Waals surface area (Å²) in [5, 5.41) is 0. The predicted octanol–water partition coefficient (Wildman–Crippen LogP) is 4.07. The first kappa shape index (κ1) is 19.8. The summed E-state index contributed by atoms with van der Waals surface area (Å²) in [6.45, 7) is 4.36. The Bertz CT molecular complexity index is 552. The highest BCUT2D eigenvalue weighted by Crippen LogP contribution is 2.42. The van der Waals surface area contributed by atoms with E-state index in [1.165, 1.54) is 24.1 Å². The maximum absolute atomic E-state index is 12.7. The Morgan fingerprint density at radius 2 is 1.71 bits per heavy atom. The molecule has 1 aromatic rings. The van der Waals surface area contributed by atoms with Crippen LogP contribution in [-0.4, -0.2) is 39.1 Å². The number of nitrogens with zero attached hydrogens (tertiary/aromatic N) is 1. The molecule has 0 saturated heterocycles. The first-order valence-corrected chi connectivity index (χ1v) is 7.62. The number of rotatable bonds is 8. The number of carbonyl (C=O) groups is 1. The molecule has 0 heterocycles. The molecule has 136 valence electrons. The van der Waals surface area contributed by atoms with Gasteiger partial charge < -0.3 is 18.9 Å². The zero-order valence-electron chi connectivity index (χ0n) is 14.5. The number of benzene rings is 1. The van der Waals surface area contributed by atoms with Gasteiger partial charge >= 0.3 is 12.7 Å². The Hall–Kier alpha value is -2.25. The van der Waals surface area contributed by atoms with Gasteiger partial charge in [-0.25, -0.2) is 4.79 Å². The fourth-order valence-corrected chi connectivity index (χ4v) is 1.88. The number of amides is 1. The number of anilines is 1. The molecular formula is C16H23F2NO5. The molecule has 0 bridgehead atoms. The third-order valence-electron chi connectivity index (χ3n) is 2.81. The van der Waals surface area contributed by atoms with Crippen LogP contribution < -0.4 is 19.1 Å². The minimum absolute atomic E-state index is 0.0639. The van der Waals surface area contributed by atoms with Crippen LogP contribution in [0.3, 0.4) is 0 Å². The maximum Gasteiger partial charge on any atom is 0.414 e. The molecule has 0 saturated carbocycles. The van der Waals surface area contributed by atoms with Gasteiger partial charge in [-0.15, -0.1) is 0 Å². The van der Waals surface area contributed by atoms with E-state index < -0.39 is 12.7 Å². The monoisotopic (exact) mass is 347 g/mol. The van der Waals surface area contributed by atoms with E-state index in [0.717, 1.165) is 0 Å². The van der Waals surface area contributed by atoms with E-state index in [-0.39, 0.29) is 42.3 Å². The van der Waals surface area contributed by atoms with E-state index in [4.69, 9.17) is 14.2 Å². The largest absolute Gasteiger partial charge is 0.490 e. The van der Waals surface area contributed by atoms with E-state index in [1.807, 2.05) is 0 Å². The summed E-state index contributed by atoms with van der Waals surface area (Å²) in [5.74, 6) is 0.0581. The average molecular weight is 347 g/mol. The SMILES string of the molecule is CCOc1cc(N(C)C(=O)OC(C)C)cc(OC(F)F)c1OCC. The molecule has 0 fully saturated rings. The molecule has 0 N–H and O–H groups in total. The van der Waals surface area contributed by atoms with E-state index in [9.17, 15) is 13.6 Å². The Morgan fingerprint density at radius 3 is 2.21 bits per heavy atom. The van der Waals surface area contributed by atoms with Gasteiger partial charge in [0.2, 0.25) is 5.75 Å². The molecule has 0 unspecified atom stereocenters. The lowest BCUT2D eigenvalue weighted by molar-refractivity contribution is -0.0515. The van der Waals surface area contributed by atoms with Crippen molar-refractivity contribution >= 4 is 11.8 Å². The molecule has 0 atom stereocenters. The van der Waals surface area contributed by atoms with Gasteiger partial charge in [0.05, 0.1) is 25.0 Å². The van der Waals surface area contributed by atoms with Crippen molar-refractivity contribution in [2.75, 3.05) is 25.2 Å². The summed E-state index contributed by atoms with van der Waals surface area (Å²) in [6.07, 6.45) is -0.939. The van der Waals surface area contributed by atoms with Crippen molar-refractivity contribution in [1.29, 1.82) is 0 Å². The van der Waals surface area contributed by atoms with Crippen molar-refractivity contribution in [3.63, 3.8) is 0 Å². The van der Waals surface area contributed by atoms with Crippen molar-refractivity contribution < 1.29 is 32.5 Å². The summed E-state index contributed by atoms with van der Waals surface area (Å²) >= 11 is 0. The number of halogens is 2. The number of alkyl halides is 2. The van der Waals surface area contributed by atoms with Crippen LogP contribution in [0.15, 0.2) is 12.1 Å². The lowest BCUT2D eigenvalue weighted by Gasteiger charge is -2.22. The molecule has 8 heteroatoms. The lowest BCUT2D eigenvalue weighted by Crippen LogP contribution is -2.29. The first-order valence-electron chi connectivity index (χ1n) is 7.62. The predicted molar refractivity (Wildman–Crippen MR) is 85.4 cm³/mol. The van der Waals surface area contributed by atoms with E-state index in [1.54, 1.807) is 27.7 Å². The Labute approximate surface area is 140 Å². The molecule has 0 aliphatic heterocycles. The summed E-state index contributed by atoms with van der Waals surface area (Å²) in [4.78, 5) is 13.2. The van der Waals surface area contributed by atoms with Crippen molar-refractivity contribution in [2.45, 2.75) is 40.4 Å². The quantitative estimate of drug-likeness (QED) is 0.710. The second kappa shape index (κ2) is 9.14. The third-order valence-corrected chi connectivity index (χ3v) is 2.81. The van der Waals surface area contributed by atoms with Gasteiger partial charge in [-0.3, -0.25) is 4.90 Å². The second-order valence-electron chi connectivity index (χ2n) is 5.01. The van der Waals surface area contributed by atoms with Crippen molar-refractivity contribution in [1.82, 2.24) is 0 Å². The minimum Gasteiger partial charge on any atom is -0.490 e. The van der Waals surface area contributed by atoms with E-state index >= 15 is 0 Å². The summed E-state index contributed by atoms with van der Waals surface area (Å²) < 4.78 is 45.8. The normalized spacial score (nSPS) is 10.7. The van der Waals surface area contributed by atoms with Crippen molar-refractivity contribution in [3.8, 4) is 17.2 Å². The highest BCUT2D eigenvalue weighted by atomic mass is 19.3. The van der Waals surface area contributed by atoms with Crippen LogP contribution in [0.1, 0.15) is 27.7 Å². The number of hydrogen-bond donors (Lipinski definition) is 0. The number of ether oxygens (including phenoxy) is 4. The molecule has 1 amide bonds. The van der Waals surface area contributed by atoms with Crippen LogP contribution in [0.2, 0.25) is 0 Å². The van der Waals surface area contributed by atoms with Gasteiger partial charge in [0.25, 0.3) is 0 Å². The van der Waals surface area contributed by atoms with Crippen LogP contribution in [0.4, 0.5) is 19.3 Å². The topological polar surface area (TPSA) is 57.2 Å². The minimum atomic E-state index is -3.04. The molecule has 0 aromatic heterocycles. The van der Waals surface area contributed by atoms with Crippen LogP contribution in [0.25, 0.3) is 0 Å². The van der Waals surface area contributed by atoms with Crippen LogP contribution in [0.5, 0.6) is 17.2 Å². The van der Waals surface area contributed by atoms with Crippen molar-refractivity contribution in [2.24, 2.45) is 0 Å². The number of hydrogen-bond acceptors (Lipinski definition) is 5. The van der Waals surface area contributed by atoms with Gasteiger partial charge in [0.1, 0.15) is 0 Å². The van der Waals surface area contributed by atoms with Crippen molar-refractivity contribution in [3.05, 3.63) is 12.1 Å². The molecule has 1 rings (SSSR count). The number of carbonyl (C=O) groups excluding carboxylic acids is 1. The fraction of sp³-hybridized carbons (Fsp3) is 0.562. The van der Waals surface area contributed by atoms with Gasteiger partial charge in [0, 0.05) is 19.2 Å². The summed E-state index contributed by atoms with van der Waals surface area (Å²) in [7, 11) is 1.46. The summed E-state index contributed by atoms with van der Waals surface area (Å²) in [5.41, 5.74) is 0.281. The average Bonchev–Trinajstić information content (AvgIpc) is 2.48. The Morgan fingerprint density at radius 1 is 1.12 bits per heavy atom. The zero-order chi connectivity index (χ0) is 18.3. The van der Waals surface area contributed by atoms with Gasteiger partial charge in [-0.1, -0.05) is 0 Å². The smallest absolute Gasteiger partial charge is 0.414 e. The molecule has 6 nitrogen and oxygen atoms in total. The Kier molecular flexibility index (Phi) is 7.54. The zero-order valence-corrected chi connectivity index (χ0v) is 14.5. The van der Waals surface area contributed by atoms with Crippen LogP contribution in [-0.2, 0) is 4.74 Å². The van der Waals surface area contributed by atoms with E-state index in [2.05, 4.69) is 4.74 Å². The molecular weight excluding hydrogens is 324 g/mol. The van der Waals surface area contributed by atoms with Gasteiger partial charge in [0.15, 0.2) is 11.5 Å². The van der Waals surface area contributed by atoms with E-state index in [0.29, 0.717) is 0 Å². The fourth-order valence-electron chi connectivity index (χ4n) is 1.88. The maximum atomic E-state index is 12.7. The molecule has 1 aromatic carbocycles. The van der Waals surface area contributed by atoms with Gasteiger partial charge in [-0.05, 0) is 27.7 Å². The van der Waals surface area contributed by atoms with Crippen LogP contribution >= 0.6 is 0 Å². The Balaban J connectivity index is 3.29. The molecule has 0 aliphatic rings. The second-order valence-corrected chi connectivity index (χ2v) is 5.01. The highest BCUT2D eigenvalue weighted by Gasteiger charge is 2.22. The highest BCUT2D eigenvalue weighted by molar-refractivity contribution is 5.88. The third kappa shape index (κ3) is 5.43. The van der Waals surface area contributed by atoms with Crippen LogP contribution in [0, 0.1) is 0 Å². The molecule has 0 spiro atoms. The van der Waals surface area contributed by atoms with Gasteiger partial charge in [-0.2, -0.15) is 8.78 Å². The molecule has 0 aliphatic carbocycles. The molecule has 24 heavy (non-hydrogen) atoms. The lowest BCUT2D eigenvalue weighted by atomic mass is 10.2. The first-order chi connectivity index (χ1) is 11.3. The molecule has 0 radical (unpaired) electrons.